The van der Waals surface area contributed by atoms with Gasteiger partial charge in [0.2, 0.25) is 0 Å². The van der Waals surface area contributed by atoms with E-state index in [4.69, 9.17) is 11.6 Å². The molecule has 0 aliphatic carbocycles. The Bertz CT molecular complexity index is 580. The third kappa shape index (κ3) is 2.37. The molecule has 0 aliphatic heterocycles. The first kappa shape index (κ1) is 14.1. The van der Waals surface area contributed by atoms with Gasteiger partial charge in [0.1, 0.15) is 11.6 Å². The predicted octanol–water partition coefficient (Wildman–Crippen LogP) is 4.74. The number of imidazole rings is 1. The van der Waals surface area contributed by atoms with Gasteiger partial charge >= 0.3 is 0 Å². The highest BCUT2D eigenvalue weighted by Gasteiger charge is 2.19. The lowest BCUT2D eigenvalue weighted by molar-refractivity contribution is 0.408. The number of halogens is 3. The molecular weight excluding hydrogens is 366 g/mol. The maximum absolute atomic E-state index is 13.7. The van der Waals surface area contributed by atoms with Crippen molar-refractivity contribution in [2.45, 2.75) is 32.7 Å². The summed E-state index contributed by atoms with van der Waals surface area (Å²) in [5.41, 5.74) is 1.63. The first-order valence-electron chi connectivity index (χ1n) is 5.87. The van der Waals surface area contributed by atoms with Gasteiger partial charge in [-0.1, -0.05) is 13.8 Å². The summed E-state index contributed by atoms with van der Waals surface area (Å²) in [6.45, 7) is 6.38. The first-order chi connectivity index (χ1) is 8.45. The van der Waals surface area contributed by atoms with Crippen LogP contribution in [0, 0.1) is 15.3 Å². The molecular formula is C13H15ClFIN2. The van der Waals surface area contributed by atoms with Gasteiger partial charge in [-0.3, -0.25) is 0 Å². The number of fused-ring (bicyclic) bond motifs is 1. The summed E-state index contributed by atoms with van der Waals surface area (Å²) in [5.74, 6) is 1.37. The number of aromatic nitrogens is 2. The first-order valence-corrected chi connectivity index (χ1v) is 7.48. The van der Waals surface area contributed by atoms with Gasteiger partial charge in [-0.15, -0.1) is 11.6 Å². The van der Waals surface area contributed by atoms with E-state index in [1.54, 1.807) is 12.1 Å². The van der Waals surface area contributed by atoms with Crippen molar-refractivity contribution in [2.24, 2.45) is 5.92 Å². The normalized spacial score (nSPS) is 13.5. The maximum atomic E-state index is 13.7. The quantitative estimate of drug-likeness (QED) is 0.556. The zero-order valence-electron chi connectivity index (χ0n) is 10.5. The second-order valence-electron chi connectivity index (χ2n) is 4.77. The fourth-order valence-electron chi connectivity index (χ4n) is 1.99. The molecule has 0 saturated carbocycles. The Balaban J connectivity index is 2.72. The largest absolute Gasteiger partial charge is 0.324 e. The molecule has 0 N–H and O–H groups in total. The molecule has 2 aromatic rings. The summed E-state index contributed by atoms with van der Waals surface area (Å²) in [5, 5.41) is 0. The number of hydrogen-bond donors (Lipinski definition) is 0. The van der Waals surface area contributed by atoms with E-state index in [0.717, 1.165) is 16.9 Å². The minimum Gasteiger partial charge on any atom is -0.324 e. The molecule has 0 aliphatic rings. The summed E-state index contributed by atoms with van der Waals surface area (Å²) in [6.07, 6.45) is 0. The van der Waals surface area contributed by atoms with Crippen molar-refractivity contribution in [1.82, 2.24) is 9.55 Å². The molecule has 1 heterocycles. The van der Waals surface area contributed by atoms with E-state index in [1.165, 1.54) is 0 Å². The molecule has 18 heavy (non-hydrogen) atoms. The molecule has 1 aromatic heterocycles. The fourth-order valence-corrected chi connectivity index (χ4v) is 2.63. The van der Waals surface area contributed by atoms with E-state index >= 15 is 0 Å². The SMILES string of the molecule is CC(C)C(C)n1c(CCl)nc2cc(I)c(F)cc21. The molecule has 2 nitrogen and oxygen atoms in total. The highest BCUT2D eigenvalue weighted by Crippen LogP contribution is 2.28. The Morgan fingerprint density at radius 2 is 2.06 bits per heavy atom. The van der Waals surface area contributed by atoms with Crippen LogP contribution in [0.15, 0.2) is 12.1 Å². The Hall–Kier alpha value is -0.360. The molecule has 0 fully saturated rings. The van der Waals surface area contributed by atoms with Crippen molar-refractivity contribution < 1.29 is 4.39 Å². The van der Waals surface area contributed by atoms with Crippen LogP contribution in [0.5, 0.6) is 0 Å². The van der Waals surface area contributed by atoms with Crippen molar-refractivity contribution in [1.29, 1.82) is 0 Å². The summed E-state index contributed by atoms with van der Waals surface area (Å²) >= 11 is 7.93. The molecule has 0 bridgehead atoms. The minimum absolute atomic E-state index is 0.207. The number of nitrogens with zero attached hydrogens (tertiary/aromatic N) is 2. The molecule has 5 heteroatoms. The second kappa shape index (κ2) is 5.33. The molecule has 1 aromatic carbocycles. The fraction of sp³-hybridized carbons (Fsp3) is 0.462. The zero-order chi connectivity index (χ0) is 13.4. The van der Waals surface area contributed by atoms with Crippen molar-refractivity contribution in [3.8, 4) is 0 Å². The van der Waals surface area contributed by atoms with Crippen LogP contribution in [-0.4, -0.2) is 9.55 Å². The van der Waals surface area contributed by atoms with Crippen molar-refractivity contribution >= 4 is 45.2 Å². The van der Waals surface area contributed by atoms with Crippen LogP contribution < -0.4 is 0 Å². The van der Waals surface area contributed by atoms with Gasteiger partial charge in [-0.05, 0) is 41.5 Å². The number of rotatable bonds is 3. The monoisotopic (exact) mass is 380 g/mol. The topological polar surface area (TPSA) is 17.8 Å². The van der Waals surface area contributed by atoms with E-state index in [9.17, 15) is 4.39 Å². The molecule has 0 saturated heterocycles. The van der Waals surface area contributed by atoms with Crippen LogP contribution in [0.25, 0.3) is 11.0 Å². The molecule has 0 radical (unpaired) electrons. The van der Waals surface area contributed by atoms with E-state index in [2.05, 4.69) is 25.8 Å². The average Bonchev–Trinajstić information content (AvgIpc) is 2.66. The highest BCUT2D eigenvalue weighted by atomic mass is 127. The zero-order valence-corrected chi connectivity index (χ0v) is 13.5. The van der Waals surface area contributed by atoms with E-state index in [-0.39, 0.29) is 11.9 Å². The standard InChI is InChI=1S/C13H15ClFIN2/c1-7(2)8(3)18-12-4-9(15)10(16)5-11(12)17-13(18)6-14/h4-5,7-8H,6H2,1-3H3. The van der Waals surface area contributed by atoms with Crippen LogP contribution in [-0.2, 0) is 5.88 Å². The van der Waals surface area contributed by atoms with Crippen molar-refractivity contribution in [2.75, 3.05) is 0 Å². The van der Waals surface area contributed by atoms with Crippen LogP contribution >= 0.6 is 34.2 Å². The lowest BCUT2D eigenvalue weighted by Crippen LogP contribution is -2.14. The lowest BCUT2D eigenvalue weighted by Gasteiger charge is -2.20. The van der Waals surface area contributed by atoms with Crippen molar-refractivity contribution in [3.05, 3.63) is 27.3 Å². The molecule has 1 unspecified atom stereocenters. The summed E-state index contributed by atoms with van der Waals surface area (Å²) in [7, 11) is 0. The van der Waals surface area contributed by atoms with Crippen LogP contribution in [0.2, 0.25) is 0 Å². The van der Waals surface area contributed by atoms with Gasteiger partial charge in [0, 0.05) is 12.1 Å². The van der Waals surface area contributed by atoms with Gasteiger partial charge in [0.05, 0.1) is 20.5 Å². The molecule has 2 rings (SSSR count). The highest BCUT2D eigenvalue weighted by molar-refractivity contribution is 14.1. The van der Waals surface area contributed by atoms with E-state index < -0.39 is 0 Å². The minimum atomic E-state index is -0.207. The maximum Gasteiger partial charge on any atom is 0.138 e. The Morgan fingerprint density at radius 1 is 1.39 bits per heavy atom. The molecule has 0 spiro atoms. The third-order valence-corrected chi connectivity index (χ3v) is 4.36. The van der Waals surface area contributed by atoms with E-state index in [0.29, 0.717) is 15.4 Å². The van der Waals surface area contributed by atoms with Gasteiger partial charge < -0.3 is 4.57 Å². The average molecular weight is 381 g/mol. The van der Waals surface area contributed by atoms with Crippen LogP contribution in [0.4, 0.5) is 4.39 Å². The van der Waals surface area contributed by atoms with Crippen LogP contribution in [0.3, 0.4) is 0 Å². The number of alkyl halides is 1. The smallest absolute Gasteiger partial charge is 0.138 e. The predicted molar refractivity (Wildman–Crippen MR) is 81.5 cm³/mol. The van der Waals surface area contributed by atoms with E-state index in [1.807, 2.05) is 27.2 Å². The Labute approximate surface area is 125 Å². The molecule has 1 atom stereocenters. The summed E-state index contributed by atoms with van der Waals surface area (Å²) in [6, 6.07) is 3.56. The van der Waals surface area contributed by atoms with Gasteiger partial charge in [-0.25, -0.2) is 9.37 Å². The number of hydrogen-bond acceptors (Lipinski definition) is 1. The lowest BCUT2D eigenvalue weighted by atomic mass is 10.1. The third-order valence-electron chi connectivity index (χ3n) is 3.30. The summed E-state index contributed by atoms with van der Waals surface area (Å²) in [4.78, 5) is 4.50. The van der Waals surface area contributed by atoms with Crippen molar-refractivity contribution in [3.63, 3.8) is 0 Å². The second-order valence-corrected chi connectivity index (χ2v) is 6.20. The van der Waals surface area contributed by atoms with Crippen LogP contribution in [0.1, 0.15) is 32.6 Å². The van der Waals surface area contributed by atoms with Gasteiger partial charge in [-0.2, -0.15) is 0 Å². The van der Waals surface area contributed by atoms with Gasteiger partial charge in [0.25, 0.3) is 0 Å². The Morgan fingerprint density at radius 3 is 2.61 bits per heavy atom. The number of benzene rings is 1. The van der Waals surface area contributed by atoms with Gasteiger partial charge in [0.15, 0.2) is 0 Å². The molecule has 98 valence electrons. The summed E-state index contributed by atoms with van der Waals surface area (Å²) < 4.78 is 16.4. The Kier molecular flexibility index (Phi) is 4.16. The molecule has 0 amide bonds.